The van der Waals surface area contributed by atoms with Crippen molar-refractivity contribution in [3.8, 4) is 0 Å². The van der Waals surface area contributed by atoms with Gasteiger partial charge in [-0.05, 0) is 37.6 Å². The van der Waals surface area contributed by atoms with Crippen LogP contribution >= 0.6 is 12.4 Å². The molecule has 0 radical (unpaired) electrons. The smallest absolute Gasteiger partial charge is 0.229 e. The fraction of sp³-hybridized carbons (Fsp3) is 0.500. The zero-order chi connectivity index (χ0) is 13.1. The summed E-state index contributed by atoms with van der Waals surface area (Å²) in [5, 5.41) is 3.24. The van der Waals surface area contributed by atoms with E-state index in [1.54, 1.807) is 17.0 Å². The van der Waals surface area contributed by atoms with Crippen molar-refractivity contribution in [1.82, 2.24) is 10.2 Å². The predicted octanol–water partition coefficient (Wildman–Crippen LogP) is 2.17. The van der Waals surface area contributed by atoms with Crippen LogP contribution in [0.25, 0.3) is 0 Å². The van der Waals surface area contributed by atoms with Crippen LogP contribution in [0.15, 0.2) is 24.3 Å². The lowest BCUT2D eigenvalue weighted by molar-refractivity contribution is -0.132. The number of carbonyl (C=O) groups excluding carboxylic acids is 1. The van der Waals surface area contributed by atoms with Gasteiger partial charge in [0.05, 0.1) is 5.92 Å². The molecule has 106 valence electrons. The second-order valence-electron chi connectivity index (χ2n) is 4.87. The number of benzene rings is 1. The van der Waals surface area contributed by atoms with Crippen LogP contribution in [0.5, 0.6) is 0 Å². The fourth-order valence-corrected chi connectivity index (χ4v) is 2.37. The number of rotatable bonds is 3. The third-order valence-corrected chi connectivity index (χ3v) is 3.65. The summed E-state index contributed by atoms with van der Waals surface area (Å²) in [7, 11) is 1.83. The molecule has 2 unspecified atom stereocenters. The molecule has 1 aliphatic rings. The van der Waals surface area contributed by atoms with Gasteiger partial charge < -0.3 is 10.2 Å². The quantitative estimate of drug-likeness (QED) is 0.924. The molecule has 1 aliphatic heterocycles. The highest BCUT2D eigenvalue weighted by Crippen LogP contribution is 2.20. The lowest BCUT2D eigenvalue weighted by atomic mass is 9.99. The Labute approximate surface area is 119 Å². The van der Waals surface area contributed by atoms with E-state index >= 15 is 0 Å². The summed E-state index contributed by atoms with van der Waals surface area (Å²) in [4.78, 5) is 14.1. The van der Waals surface area contributed by atoms with E-state index < -0.39 is 0 Å². The second-order valence-corrected chi connectivity index (χ2v) is 4.87. The average Bonchev–Trinajstić information content (AvgIpc) is 2.90. The molecule has 3 nitrogen and oxygen atoms in total. The molecular weight excluding hydrogens is 267 g/mol. The van der Waals surface area contributed by atoms with E-state index in [1.165, 1.54) is 12.1 Å². The second kappa shape index (κ2) is 6.87. The number of hydrogen-bond acceptors (Lipinski definition) is 2. The minimum Gasteiger partial charge on any atom is -0.341 e. The molecular formula is C14H20ClFN2O. The zero-order valence-electron chi connectivity index (χ0n) is 11.2. The Morgan fingerprint density at radius 3 is 2.84 bits per heavy atom. The Morgan fingerprint density at radius 1 is 1.53 bits per heavy atom. The van der Waals surface area contributed by atoms with Crippen molar-refractivity contribution in [2.24, 2.45) is 0 Å². The van der Waals surface area contributed by atoms with Crippen LogP contribution in [-0.4, -0.2) is 37.0 Å². The predicted molar refractivity (Wildman–Crippen MR) is 76.1 cm³/mol. The van der Waals surface area contributed by atoms with Crippen molar-refractivity contribution in [3.05, 3.63) is 35.6 Å². The van der Waals surface area contributed by atoms with Gasteiger partial charge in [0.2, 0.25) is 5.91 Å². The number of halogens is 2. The van der Waals surface area contributed by atoms with Gasteiger partial charge in [0.1, 0.15) is 5.82 Å². The van der Waals surface area contributed by atoms with E-state index in [4.69, 9.17) is 0 Å². The van der Waals surface area contributed by atoms with Crippen LogP contribution in [0.2, 0.25) is 0 Å². The van der Waals surface area contributed by atoms with Crippen molar-refractivity contribution < 1.29 is 9.18 Å². The van der Waals surface area contributed by atoms with Gasteiger partial charge in [-0.25, -0.2) is 4.39 Å². The highest BCUT2D eigenvalue weighted by atomic mass is 35.5. The molecule has 0 saturated carbocycles. The first-order valence-electron chi connectivity index (χ1n) is 6.32. The molecule has 1 amide bonds. The molecule has 1 aromatic rings. The van der Waals surface area contributed by atoms with E-state index in [-0.39, 0.29) is 36.1 Å². The van der Waals surface area contributed by atoms with Gasteiger partial charge in [0.15, 0.2) is 0 Å². The first kappa shape index (κ1) is 15.9. The van der Waals surface area contributed by atoms with Gasteiger partial charge in [-0.3, -0.25) is 4.79 Å². The van der Waals surface area contributed by atoms with Crippen LogP contribution in [0.1, 0.15) is 24.8 Å². The van der Waals surface area contributed by atoms with Gasteiger partial charge in [0, 0.05) is 19.6 Å². The summed E-state index contributed by atoms with van der Waals surface area (Å²) in [6.07, 6.45) is 0.984. The van der Waals surface area contributed by atoms with Crippen LogP contribution in [-0.2, 0) is 4.79 Å². The van der Waals surface area contributed by atoms with Crippen molar-refractivity contribution in [1.29, 1.82) is 0 Å². The van der Waals surface area contributed by atoms with Crippen molar-refractivity contribution >= 4 is 18.3 Å². The third-order valence-electron chi connectivity index (χ3n) is 3.65. The minimum absolute atomic E-state index is 0. The lowest BCUT2D eigenvalue weighted by Gasteiger charge is -2.27. The van der Waals surface area contributed by atoms with Crippen LogP contribution in [0.4, 0.5) is 4.39 Å². The lowest BCUT2D eigenvalue weighted by Crippen LogP contribution is -2.40. The van der Waals surface area contributed by atoms with Crippen LogP contribution in [0.3, 0.4) is 0 Å². The number of likely N-dealkylation sites (N-methyl/N-ethyl adjacent to an activating group) is 1. The van der Waals surface area contributed by atoms with Gasteiger partial charge in [-0.1, -0.05) is 12.1 Å². The van der Waals surface area contributed by atoms with Crippen LogP contribution < -0.4 is 5.32 Å². The van der Waals surface area contributed by atoms with Gasteiger partial charge in [0.25, 0.3) is 0 Å². The SMILES string of the molecule is CC(C(=O)N(C)C1CCNC1)c1cccc(F)c1.Cl. The highest BCUT2D eigenvalue weighted by Gasteiger charge is 2.27. The Balaban J connectivity index is 0.00000180. The minimum atomic E-state index is -0.300. The first-order chi connectivity index (χ1) is 8.59. The van der Waals surface area contributed by atoms with Gasteiger partial charge in [-0.2, -0.15) is 0 Å². The maximum absolute atomic E-state index is 13.2. The molecule has 1 fully saturated rings. The molecule has 1 heterocycles. The number of amides is 1. The highest BCUT2D eigenvalue weighted by molar-refractivity contribution is 5.85. The Hall–Kier alpha value is -1.13. The summed E-state index contributed by atoms with van der Waals surface area (Å²) >= 11 is 0. The summed E-state index contributed by atoms with van der Waals surface area (Å²) in [6.45, 7) is 3.63. The summed E-state index contributed by atoms with van der Waals surface area (Å²) < 4.78 is 13.2. The number of carbonyl (C=O) groups is 1. The molecule has 1 aromatic carbocycles. The van der Waals surface area contributed by atoms with Crippen molar-refractivity contribution in [2.45, 2.75) is 25.3 Å². The monoisotopic (exact) mass is 286 g/mol. The number of hydrogen-bond donors (Lipinski definition) is 1. The van der Waals surface area contributed by atoms with E-state index in [1.807, 2.05) is 14.0 Å². The maximum Gasteiger partial charge on any atom is 0.229 e. The molecule has 2 atom stereocenters. The molecule has 0 bridgehead atoms. The van der Waals surface area contributed by atoms with Gasteiger partial charge in [-0.15, -0.1) is 12.4 Å². The largest absolute Gasteiger partial charge is 0.341 e. The Bertz CT molecular complexity index is 435. The molecule has 2 rings (SSSR count). The molecule has 1 saturated heterocycles. The standard InChI is InChI=1S/C14H19FN2O.ClH/c1-10(11-4-3-5-12(15)8-11)14(18)17(2)13-6-7-16-9-13;/h3-5,8,10,13,16H,6-7,9H2,1-2H3;1H. The number of nitrogens with zero attached hydrogens (tertiary/aromatic N) is 1. The van der Waals surface area contributed by atoms with E-state index in [9.17, 15) is 9.18 Å². The summed E-state index contributed by atoms with van der Waals surface area (Å²) in [5.74, 6) is -0.544. The molecule has 19 heavy (non-hydrogen) atoms. The van der Waals surface area contributed by atoms with E-state index in [0.29, 0.717) is 0 Å². The summed E-state index contributed by atoms with van der Waals surface area (Å²) in [6, 6.07) is 6.53. The average molecular weight is 287 g/mol. The van der Waals surface area contributed by atoms with E-state index in [0.717, 1.165) is 25.1 Å². The molecule has 0 aromatic heterocycles. The third kappa shape index (κ3) is 3.67. The molecule has 1 N–H and O–H groups in total. The summed E-state index contributed by atoms with van der Waals surface area (Å²) in [5.41, 5.74) is 0.734. The Morgan fingerprint density at radius 2 is 2.26 bits per heavy atom. The zero-order valence-corrected chi connectivity index (χ0v) is 12.0. The molecule has 5 heteroatoms. The maximum atomic E-state index is 13.2. The van der Waals surface area contributed by atoms with Crippen molar-refractivity contribution in [2.75, 3.05) is 20.1 Å². The normalized spacial score (nSPS) is 19.6. The first-order valence-corrected chi connectivity index (χ1v) is 6.32. The van der Waals surface area contributed by atoms with Gasteiger partial charge >= 0.3 is 0 Å². The molecule has 0 aliphatic carbocycles. The topological polar surface area (TPSA) is 32.3 Å². The van der Waals surface area contributed by atoms with E-state index in [2.05, 4.69) is 5.32 Å². The number of nitrogens with one attached hydrogen (secondary N) is 1. The molecule has 0 spiro atoms. The Kier molecular flexibility index (Phi) is 5.76. The fourth-order valence-electron chi connectivity index (χ4n) is 2.37. The van der Waals surface area contributed by atoms with Crippen molar-refractivity contribution in [3.63, 3.8) is 0 Å². The van der Waals surface area contributed by atoms with Crippen LogP contribution in [0, 0.1) is 5.82 Å².